The van der Waals surface area contributed by atoms with Crippen molar-refractivity contribution in [3.63, 3.8) is 0 Å². The van der Waals surface area contributed by atoms with Crippen LogP contribution in [0.5, 0.6) is 0 Å². The van der Waals surface area contributed by atoms with Crippen molar-refractivity contribution in [3.8, 4) is 6.07 Å². The van der Waals surface area contributed by atoms with Crippen molar-refractivity contribution in [2.75, 3.05) is 0 Å². The van der Waals surface area contributed by atoms with Gasteiger partial charge in [0, 0.05) is 16.3 Å². The topological polar surface area (TPSA) is 49.6 Å². The monoisotopic (exact) mass is 289 g/mol. The van der Waals surface area contributed by atoms with Gasteiger partial charge in [-0.25, -0.2) is 9.97 Å². The van der Waals surface area contributed by atoms with Crippen LogP contribution < -0.4 is 0 Å². The van der Waals surface area contributed by atoms with Gasteiger partial charge in [-0.15, -0.1) is 0 Å². The molecule has 0 aliphatic heterocycles. The summed E-state index contributed by atoms with van der Waals surface area (Å²) in [6.45, 7) is 5.96. The van der Waals surface area contributed by atoms with Gasteiger partial charge in [0.2, 0.25) is 0 Å². The van der Waals surface area contributed by atoms with E-state index >= 15 is 0 Å². The number of halogens is 1. The number of nitrogens with zero attached hydrogens (tertiary/aromatic N) is 3. The molecular formula is C14H12ClN3S. The molecule has 0 N–H and O–H groups in total. The van der Waals surface area contributed by atoms with Crippen LogP contribution >= 0.6 is 23.4 Å². The van der Waals surface area contributed by atoms with Crippen molar-refractivity contribution in [1.29, 1.82) is 5.26 Å². The molecule has 2 aromatic rings. The molecule has 0 unspecified atom stereocenters. The molecule has 0 amide bonds. The number of nitriles is 1. The zero-order valence-corrected chi connectivity index (χ0v) is 12.4. The molecule has 1 heterocycles. The average molecular weight is 290 g/mol. The fourth-order valence-electron chi connectivity index (χ4n) is 1.54. The van der Waals surface area contributed by atoms with Gasteiger partial charge in [-0.05, 0) is 56.3 Å². The first-order valence-corrected chi connectivity index (χ1v) is 6.90. The third-order valence-corrected chi connectivity index (χ3v) is 4.05. The normalized spacial score (nSPS) is 10.3. The highest BCUT2D eigenvalue weighted by Gasteiger charge is 2.08. The Morgan fingerprint density at radius 1 is 1.16 bits per heavy atom. The first kappa shape index (κ1) is 13.9. The van der Waals surface area contributed by atoms with E-state index < -0.39 is 0 Å². The number of rotatable bonds is 2. The Morgan fingerprint density at radius 2 is 1.79 bits per heavy atom. The lowest BCUT2D eigenvalue weighted by Crippen LogP contribution is -1.97. The van der Waals surface area contributed by atoms with Crippen molar-refractivity contribution >= 4 is 23.4 Å². The third-order valence-electron chi connectivity index (χ3n) is 2.88. The summed E-state index contributed by atoms with van der Waals surface area (Å²) in [5.74, 6) is 0. The van der Waals surface area contributed by atoms with Gasteiger partial charge in [-0.3, -0.25) is 0 Å². The molecule has 1 aromatic heterocycles. The Kier molecular flexibility index (Phi) is 4.08. The van der Waals surface area contributed by atoms with Crippen LogP contribution in [0.25, 0.3) is 0 Å². The van der Waals surface area contributed by atoms with Crippen LogP contribution in [0.2, 0.25) is 5.02 Å². The maximum Gasteiger partial charge on any atom is 0.192 e. The Hall–Kier alpha value is -1.57. The van der Waals surface area contributed by atoms with Crippen LogP contribution in [-0.4, -0.2) is 9.97 Å². The average Bonchev–Trinajstić information content (AvgIpc) is 2.36. The van der Waals surface area contributed by atoms with E-state index in [1.807, 2.05) is 32.9 Å². The molecule has 1 aromatic carbocycles. The Balaban J connectivity index is 2.32. The van der Waals surface area contributed by atoms with Gasteiger partial charge in [0.1, 0.15) is 6.07 Å². The summed E-state index contributed by atoms with van der Waals surface area (Å²) >= 11 is 7.45. The molecule has 96 valence electrons. The van der Waals surface area contributed by atoms with Crippen molar-refractivity contribution in [2.45, 2.75) is 30.8 Å². The first-order valence-electron chi connectivity index (χ1n) is 5.70. The van der Waals surface area contributed by atoms with E-state index in [2.05, 4.69) is 9.97 Å². The molecule has 0 aliphatic carbocycles. The summed E-state index contributed by atoms with van der Waals surface area (Å²) in [6, 6.07) is 7.36. The minimum absolute atomic E-state index is 0.452. The van der Waals surface area contributed by atoms with Crippen molar-refractivity contribution in [1.82, 2.24) is 9.97 Å². The Morgan fingerprint density at radius 3 is 2.32 bits per heavy atom. The van der Waals surface area contributed by atoms with Gasteiger partial charge >= 0.3 is 0 Å². The van der Waals surface area contributed by atoms with Crippen molar-refractivity contribution in [2.24, 2.45) is 0 Å². The molecule has 0 saturated heterocycles. The highest BCUT2D eigenvalue weighted by molar-refractivity contribution is 7.99. The van der Waals surface area contributed by atoms with E-state index in [4.69, 9.17) is 16.9 Å². The summed E-state index contributed by atoms with van der Waals surface area (Å²) in [5.41, 5.74) is 3.55. The van der Waals surface area contributed by atoms with Gasteiger partial charge in [0.25, 0.3) is 0 Å². The maximum absolute atomic E-state index is 8.84. The molecule has 2 rings (SSSR count). The fourth-order valence-corrected chi connectivity index (χ4v) is 2.72. The highest BCUT2D eigenvalue weighted by atomic mass is 35.5. The van der Waals surface area contributed by atoms with Gasteiger partial charge < -0.3 is 0 Å². The molecule has 0 aliphatic rings. The standard InChI is InChI=1S/C14H12ClN3S/c1-8-9(2)17-14(18-10(8)3)19-12-5-4-11(7-16)13(15)6-12/h4-6H,1-3H3. The zero-order valence-electron chi connectivity index (χ0n) is 10.9. The van der Waals surface area contributed by atoms with Crippen molar-refractivity contribution < 1.29 is 0 Å². The Bertz CT molecular complexity index is 654. The molecule has 0 saturated carbocycles. The molecule has 19 heavy (non-hydrogen) atoms. The number of aromatic nitrogens is 2. The second kappa shape index (κ2) is 5.60. The predicted molar refractivity (Wildman–Crippen MR) is 76.5 cm³/mol. The molecule has 0 spiro atoms. The van der Waals surface area contributed by atoms with Gasteiger partial charge in [0.15, 0.2) is 5.16 Å². The Labute approximate surface area is 121 Å². The lowest BCUT2D eigenvalue weighted by atomic mass is 10.2. The number of hydrogen-bond acceptors (Lipinski definition) is 4. The number of hydrogen-bond donors (Lipinski definition) is 0. The summed E-state index contributed by atoms with van der Waals surface area (Å²) in [4.78, 5) is 9.81. The molecule has 0 bridgehead atoms. The predicted octanol–water partition coefficient (Wildman–Crippen LogP) is 4.08. The molecule has 0 atom stereocenters. The quantitative estimate of drug-likeness (QED) is 0.782. The lowest BCUT2D eigenvalue weighted by molar-refractivity contribution is 0.881. The third kappa shape index (κ3) is 3.06. The van der Waals surface area contributed by atoms with E-state index in [1.165, 1.54) is 11.8 Å². The van der Waals surface area contributed by atoms with E-state index in [0.717, 1.165) is 21.8 Å². The van der Waals surface area contributed by atoms with E-state index in [0.29, 0.717) is 15.7 Å². The zero-order chi connectivity index (χ0) is 14.0. The van der Waals surface area contributed by atoms with Crippen LogP contribution in [0, 0.1) is 32.1 Å². The van der Waals surface area contributed by atoms with Gasteiger partial charge in [-0.2, -0.15) is 5.26 Å². The first-order chi connectivity index (χ1) is 9.01. The van der Waals surface area contributed by atoms with Crippen LogP contribution in [0.4, 0.5) is 0 Å². The molecule has 5 heteroatoms. The van der Waals surface area contributed by atoms with Crippen LogP contribution in [0.3, 0.4) is 0 Å². The second-order valence-corrected chi connectivity index (χ2v) is 5.61. The minimum atomic E-state index is 0.452. The molecule has 0 fully saturated rings. The second-order valence-electron chi connectivity index (χ2n) is 4.16. The summed E-state index contributed by atoms with van der Waals surface area (Å²) in [6.07, 6.45) is 0. The van der Waals surface area contributed by atoms with Gasteiger partial charge in [-0.1, -0.05) is 11.6 Å². The van der Waals surface area contributed by atoms with Gasteiger partial charge in [0.05, 0.1) is 10.6 Å². The van der Waals surface area contributed by atoms with Crippen LogP contribution in [-0.2, 0) is 0 Å². The fraction of sp³-hybridized carbons (Fsp3) is 0.214. The van der Waals surface area contributed by atoms with Crippen LogP contribution in [0.15, 0.2) is 28.3 Å². The highest BCUT2D eigenvalue weighted by Crippen LogP contribution is 2.29. The van der Waals surface area contributed by atoms with E-state index in [-0.39, 0.29) is 0 Å². The largest absolute Gasteiger partial charge is 0.227 e. The SMILES string of the molecule is Cc1nc(Sc2ccc(C#N)c(Cl)c2)nc(C)c1C. The van der Waals surface area contributed by atoms with E-state index in [1.54, 1.807) is 12.1 Å². The van der Waals surface area contributed by atoms with Crippen LogP contribution in [0.1, 0.15) is 22.5 Å². The summed E-state index contributed by atoms with van der Waals surface area (Å²) in [5, 5.41) is 9.98. The number of benzene rings is 1. The summed E-state index contributed by atoms with van der Waals surface area (Å²) < 4.78 is 0. The molecule has 0 radical (unpaired) electrons. The van der Waals surface area contributed by atoms with Crippen molar-refractivity contribution in [3.05, 3.63) is 45.7 Å². The minimum Gasteiger partial charge on any atom is -0.227 e. The lowest BCUT2D eigenvalue weighted by Gasteiger charge is -2.07. The molecule has 3 nitrogen and oxygen atoms in total. The maximum atomic E-state index is 8.84. The number of aryl methyl sites for hydroxylation is 2. The van der Waals surface area contributed by atoms with E-state index in [9.17, 15) is 0 Å². The molecular weight excluding hydrogens is 278 g/mol. The summed E-state index contributed by atoms with van der Waals surface area (Å²) in [7, 11) is 0. The smallest absolute Gasteiger partial charge is 0.192 e.